The number of carbonyl (C=O) groups excluding carboxylic acids is 1. The van der Waals surface area contributed by atoms with Gasteiger partial charge in [-0.3, -0.25) is 4.79 Å². The monoisotopic (exact) mass is 368 g/mol. The van der Waals surface area contributed by atoms with E-state index < -0.39 is 28.4 Å². The van der Waals surface area contributed by atoms with E-state index in [1.807, 2.05) is 0 Å². The molecule has 0 aliphatic carbocycles. The number of nitrogens with two attached hydrogens (primary N) is 1. The Balaban J connectivity index is 3.11. The van der Waals surface area contributed by atoms with E-state index in [9.17, 15) is 17.6 Å². The van der Waals surface area contributed by atoms with Crippen LogP contribution in [0.2, 0.25) is 0 Å². The standard InChI is InChI=1S/C11H14BrFN2O4S/c1-3-19-11(16)6-15(2)20(17,18)10-5-9(14)8(13)4-7(10)12/h4-5H,3,6,14H2,1-2H3. The maximum absolute atomic E-state index is 13.2. The molecule has 0 radical (unpaired) electrons. The average molecular weight is 369 g/mol. The first-order valence-corrected chi connectivity index (χ1v) is 7.80. The molecule has 0 saturated carbocycles. The lowest BCUT2D eigenvalue weighted by molar-refractivity contribution is -0.143. The number of sulfonamides is 1. The summed E-state index contributed by atoms with van der Waals surface area (Å²) in [5.74, 6) is -1.41. The number of hydrogen-bond donors (Lipinski definition) is 1. The molecular formula is C11H14BrFN2O4S. The lowest BCUT2D eigenvalue weighted by atomic mass is 10.3. The normalized spacial score (nSPS) is 11.7. The second-order valence-corrected chi connectivity index (χ2v) is 6.74. The largest absolute Gasteiger partial charge is 0.465 e. The number of anilines is 1. The summed E-state index contributed by atoms with van der Waals surface area (Å²) in [4.78, 5) is 11.1. The van der Waals surface area contributed by atoms with Crippen LogP contribution in [0.5, 0.6) is 0 Å². The molecule has 0 amide bonds. The number of likely N-dealkylation sites (N-methyl/N-ethyl adjacent to an activating group) is 1. The highest BCUT2D eigenvalue weighted by Gasteiger charge is 2.26. The maximum atomic E-state index is 13.2. The summed E-state index contributed by atoms with van der Waals surface area (Å²) >= 11 is 2.96. The third-order valence-electron chi connectivity index (χ3n) is 2.40. The molecule has 0 aliphatic heterocycles. The van der Waals surface area contributed by atoms with Crippen molar-refractivity contribution in [1.82, 2.24) is 4.31 Å². The molecule has 0 atom stereocenters. The zero-order valence-corrected chi connectivity index (χ0v) is 13.3. The number of rotatable bonds is 5. The minimum atomic E-state index is -3.98. The van der Waals surface area contributed by atoms with Gasteiger partial charge >= 0.3 is 5.97 Å². The Morgan fingerprint density at radius 1 is 1.50 bits per heavy atom. The SMILES string of the molecule is CCOC(=O)CN(C)S(=O)(=O)c1cc(N)c(F)cc1Br. The van der Waals surface area contributed by atoms with Crippen molar-refractivity contribution in [3.05, 3.63) is 22.4 Å². The number of nitrogen functional groups attached to an aromatic ring is 1. The Morgan fingerprint density at radius 2 is 2.10 bits per heavy atom. The highest BCUT2D eigenvalue weighted by Crippen LogP contribution is 2.28. The van der Waals surface area contributed by atoms with E-state index in [2.05, 4.69) is 20.7 Å². The van der Waals surface area contributed by atoms with E-state index in [1.165, 1.54) is 7.05 Å². The molecule has 1 rings (SSSR count). The van der Waals surface area contributed by atoms with Crippen LogP contribution in [0, 0.1) is 5.82 Å². The van der Waals surface area contributed by atoms with Crippen molar-refractivity contribution >= 4 is 37.6 Å². The zero-order valence-electron chi connectivity index (χ0n) is 10.9. The van der Waals surface area contributed by atoms with Gasteiger partial charge in [0.05, 0.1) is 17.2 Å². The van der Waals surface area contributed by atoms with Crippen molar-refractivity contribution in [3.63, 3.8) is 0 Å². The van der Waals surface area contributed by atoms with Crippen LogP contribution < -0.4 is 5.73 Å². The molecule has 2 N–H and O–H groups in total. The third-order valence-corrected chi connectivity index (χ3v) is 5.16. The lowest BCUT2D eigenvalue weighted by Gasteiger charge is -2.17. The van der Waals surface area contributed by atoms with Crippen molar-refractivity contribution in [1.29, 1.82) is 0 Å². The van der Waals surface area contributed by atoms with Gasteiger partial charge in [0, 0.05) is 11.5 Å². The van der Waals surface area contributed by atoms with E-state index in [0.717, 1.165) is 16.4 Å². The first kappa shape index (κ1) is 16.9. The molecule has 6 nitrogen and oxygen atoms in total. The molecule has 0 bridgehead atoms. The molecule has 0 fully saturated rings. The highest BCUT2D eigenvalue weighted by molar-refractivity contribution is 9.10. The van der Waals surface area contributed by atoms with Crippen LogP contribution in [0.25, 0.3) is 0 Å². The third kappa shape index (κ3) is 3.68. The summed E-state index contributed by atoms with van der Waals surface area (Å²) < 4.78 is 43.3. The first-order valence-electron chi connectivity index (χ1n) is 5.56. The Kier molecular flexibility index (Phi) is 5.49. The Hall–Kier alpha value is -1.19. The van der Waals surface area contributed by atoms with Crippen molar-refractivity contribution < 1.29 is 22.3 Å². The van der Waals surface area contributed by atoms with Gasteiger partial charge in [0.15, 0.2) is 0 Å². The van der Waals surface area contributed by atoms with Gasteiger partial charge in [-0.05, 0) is 35.0 Å². The molecule has 0 aliphatic rings. The number of benzene rings is 1. The second kappa shape index (κ2) is 6.51. The summed E-state index contributed by atoms with van der Waals surface area (Å²) in [6.45, 7) is 1.32. The first-order chi connectivity index (χ1) is 9.20. The number of hydrogen-bond acceptors (Lipinski definition) is 5. The number of ether oxygens (including phenoxy) is 1. The van der Waals surface area contributed by atoms with Crippen LogP contribution >= 0.6 is 15.9 Å². The molecular weight excluding hydrogens is 355 g/mol. The summed E-state index contributed by atoms with van der Waals surface area (Å²) in [7, 11) is -2.76. The van der Waals surface area contributed by atoms with Crippen molar-refractivity contribution in [2.45, 2.75) is 11.8 Å². The maximum Gasteiger partial charge on any atom is 0.321 e. The molecule has 20 heavy (non-hydrogen) atoms. The van der Waals surface area contributed by atoms with E-state index in [-0.39, 0.29) is 21.7 Å². The topological polar surface area (TPSA) is 89.7 Å². The summed E-state index contributed by atoms with van der Waals surface area (Å²) in [6.07, 6.45) is 0. The Labute approximate surface area is 124 Å². The molecule has 9 heteroatoms. The van der Waals surface area contributed by atoms with E-state index in [0.29, 0.717) is 0 Å². The second-order valence-electron chi connectivity index (χ2n) is 3.87. The van der Waals surface area contributed by atoms with Gasteiger partial charge in [-0.1, -0.05) is 0 Å². The fourth-order valence-corrected chi connectivity index (χ4v) is 3.51. The Morgan fingerprint density at radius 3 is 2.65 bits per heavy atom. The highest BCUT2D eigenvalue weighted by atomic mass is 79.9. The molecule has 0 unspecified atom stereocenters. The van der Waals surface area contributed by atoms with Gasteiger partial charge in [-0.15, -0.1) is 0 Å². The smallest absolute Gasteiger partial charge is 0.321 e. The molecule has 112 valence electrons. The van der Waals surface area contributed by atoms with E-state index in [1.54, 1.807) is 6.92 Å². The van der Waals surface area contributed by atoms with Crippen LogP contribution in [0.1, 0.15) is 6.92 Å². The number of carbonyl (C=O) groups is 1. The van der Waals surface area contributed by atoms with E-state index >= 15 is 0 Å². The Bertz CT molecular complexity index is 621. The minimum Gasteiger partial charge on any atom is -0.465 e. The van der Waals surface area contributed by atoms with Crippen LogP contribution in [0.4, 0.5) is 10.1 Å². The van der Waals surface area contributed by atoms with Gasteiger partial charge in [-0.2, -0.15) is 4.31 Å². The predicted octanol–water partition coefficient (Wildman–Crippen LogP) is 1.35. The van der Waals surface area contributed by atoms with Gasteiger partial charge < -0.3 is 10.5 Å². The summed E-state index contributed by atoms with van der Waals surface area (Å²) in [5, 5.41) is 0. The molecule has 0 spiro atoms. The molecule has 0 aromatic heterocycles. The van der Waals surface area contributed by atoms with Crippen LogP contribution in [-0.4, -0.2) is 38.9 Å². The fraction of sp³-hybridized carbons (Fsp3) is 0.364. The molecule has 1 aromatic carbocycles. The molecule has 0 heterocycles. The molecule has 0 saturated heterocycles. The quantitative estimate of drug-likeness (QED) is 0.625. The minimum absolute atomic E-state index is 0.0277. The summed E-state index contributed by atoms with van der Waals surface area (Å²) in [6, 6.07) is 1.96. The molecule has 1 aromatic rings. The van der Waals surface area contributed by atoms with Crippen LogP contribution in [-0.2, 0) is 19.6 Å². The number of halogens is 2. The predicted molar refractivity (Wildman–Crippen MR) is 75.0 cm³/mol. The number of esters is 1. The van der Waals surface area contributed by atoms with Crippen molar-refractivity contribution in [2.75, 3.05) is 25.9 Å². The fourth-order valence-electron chi connectivity index (χ4n) is 1.38. The van der Waals surface area contributed by atoms with Crippen LogP contribution in [0.15, 0.2) is 21.5 Å². The summed E-state index contributed by atoms with van der Waals surface area (Å²) in [5.41, 5.74) is 5.07. The van der Waals surface area contributed by atoms with Crippen molar-refractivity contribution in [3.8, 4) is 0 Å². The lowest BCUT2D eigenvalue weighted by Crippen LogP contribution is -2.33. The van der Waals surface area contributed by atoms with Gasteiger partial charge in [-0.25, -0.2) is 12.8 Å². The van der Waals surface area contributed by atoms with Gasteiger partial charge in [0.25, 0.3) is 0 Å². The van der Waals surface area contributed by atoms with Gasteiger partial charge in [0.1, 0.15) is 12.4 Å². The average Bonchev–Trinajstić information content (AvgIpc) is 2.33. The van der Waals surface area contributed by atoms with Crippen LogP contribution in [0.3, 0.4) is 0 Å². The number of nitrogens with zero attached hydrogens (tertiary/aromatic N) is 1. The van der Waals surface area contributed by atoms with Gasteiger partial charge in [0.2, 0.25) is 10.0 Å². The zero-order chi connectivity index (χ0) is 15.5. The van der Waals surface area contributed by atoms with E-state index in [4.69, 9.17) is 5.73 Å². The van der Waals surface area contributed by atoms with Crippen molar-refractivity contribution in [2.24, 2.45) is 0 Å².